The van der Waals surface area contributed by atoms with E-state index in [4.69, 9.17) is 33.0 Å². The number of aliphatic hydroxyl groups is 1. The predicted octanol–water partition coefficient (Wildman–Crippen LogP) is 3.48. The topological polar surface area (TPSA) is 99.2 Å². The molecular formula is C20H19Cl2N3O5S. The van der Waals surface area contributed by atoms with E-state index in [9.17, 15) is 14.4 Å². The van der Waals surface area contributed by atoms with Gasteiger partial charge in [0.05, 0.1) is 19.6 Å². The summed E-state index contributed by atoms with van der Waals surface area (Å²) in [7, 11) is 0. The fraction of sp³-hybridized carbons (Fsp3) is 0.250. The van der Waals surface area contributed by atoms with Crippen LogP contribution in [-0.2, 0) is 16.1 Å². The number of ether oxygens (including phenoxy) is 1. The number of benzene rings is 2. The van der Waals surface area contributed by atoms with Crippen LogP contribution in [0.2, 0.25) is 10.0 Å². The molecule has 3 rings (SSSR count). The second kappa shape index (κ2) is 10.7. The van der Waals surface area contributed by atoms with Gasteiger partial charge in [0, 0.05) is 27.6 Å². The van der Waals surface area contributed by atoms with Gasteiger partial charge in [0.15, 0.2) is 12.2 Å². The fourth-order valence-electron chi connectivity index (χ4n) is 2.66. The monoisotopic (exact) mass is 483 g/mol. The summed E-state index contributed by atoms with van der Waals surface area (Å²) in [4.78, 5) is 38.4. The Morgan fingerprint density at radius 2 is 1.68 bits per heavy atom. The molecule has 1 unspecified atom stereocenters. The van der Waals surface area contributed by atoms with Crippen molar-refractivity contribution in [2.75, 3.05) is 13.3 Å². The second-order valence-corrected chi connectivity index (χ2v) is 8.44. The maximum atomic E-state index is 12.9. The molecule has 1 atom stereocenters. The third-order valence-corrected chi connectivity index (χ3v) is 5.87. The van der Waals surface area contributed by atoms with Gasteiger partial charge in [-0.05, 0) is 42.0 Å². The average molecular weight is 484 g/mol. The lowest BCUT2D eigenvalue weighted by Crippen LogP contribution is -2.46. The molecule has 0 saturated carbocycles. The number of nitrogens with zero attached hydrogens (tertiary/aromatic N) is 2. The molecule has 8 nitrogen and oxygen atoms in total. The zero-order chi connectivity index (χ0) is 22.4. The third kappa shape index (κ3) is 6.27. The van der Waals surface area contributed by atoms with E-state index in [1.54, 1.807) is 48.5 Å². The molecule has 1 heterocycles. The number of halogens is 2. The molecule has 0 aromatic heterocycles. The number of hydrogen-bond donors (Lipinski definition) is 2. The lowest BCUT2D eigenvalue weighted by molar-refractivity contribution is -0.148. The molecule has 164 valence electrons. The van der Waals surface area contributed by atoms with Crippen LogP contribution in [0.1, 0.15) is 22.3 Å². The van der Waals surface area contributed by atoms with Crippen LogP contribution in [0, 0.1) is 0 Å². The highest BCUT2D eigenvalue weighted by Gasteiger charge is 2.40. The van der Waals surface area contributed by atoms with Crippen molar-refractivity contribution < 1.29 is 24.2 Å². The minimum Gasteiger partial charge on any atom is -0.444 e. The molecule has 1 saturated heterocycles. The summed E-state index contributed by atoms with van der Waals surface area (Å²) in [6.07, 6.45) is -0.189. The Morgan fingerprint density at radius 1 is 1.06 bits per heavy atom. The number of urea groups is 1. The van der Waals surface area contributed by atoms with Gasteiger partial charge in [-0.1, -0.05) is 35.3 Å². The van der Waals surface area contributed by atoms with Crippen LogP contribution in [0.25, 0.3) is 0 Å². The molecule has 2 aromatic carbocycles. The van der Waals surface area contributed by atoms with E-state index in [-0.39, 0.29) is 26.3 Å². The average Bonchev–Trinajstić information content (AvgIpc) is 3.03. The van der Waals surface area contributed by atoms with Gasteiger partial charge in [0.25, 0.3) is 5.91 Å². The SMILES string of the molecule is O=C(CCO)OCN1C(=O)N(Cc2ccc(Cl)cc2)SC1NC(=O)c1ccc(Cl)cc1. The predicted molar refractivity (Wildman–Crippen MR) is 117 cm³/mol. The van der Waals surface area contributed by atoms with Crippen LogP contribution < -0.4 is 5.32 Å². The normalized spacial score (nSPS) is 15.8. The van der Waals surface area contributed by atoms with Gasteiger partial charge in [-0.15, -0.1) is 0 Å². The highest BCUT2D eigenvalue weighted by atomic mass is 35.5. The minimum absolute atomic E-state index is 0.189. The molecule has 0 radical (unpaired) electrons. The molecule has 31 heavy (non-hydrogen) atoms. The molecule has 0 aliphatic carbocycles. The van der Waals surface area contributed by atoms with Crippen LogP contribution in [0.4, 0.5) is 4.79 Å². The molecule has 11 heteroatoms. The van der Waals surface area contributed by atoms with E-state index < -0.39 is 23.4 Å². The number of aliphatic hydroxyl groups excluding tert-OH is 1. The first kappa shape index (κ1) is 23.2. The molecular weight excluding hydrogens is 465 g/mol. The Kier molecular flexibility index (Phi) is 8.03. The summed E-state index contributed by atoms with van der Waals surface area (Å²) in [5.74, 6) is -1.07. The zero-order valence-corrected chi connectivity index (χ0v) is 18.5. The maximum Gasteiger partial charge on any atom is 0.335 e. The molecule has 2 N–H and O–H groups in total. The minimum atomic E-state index is -0.801. The first-order valence-electron chi connectivity index (χ1n) is 9.19. The number of rotatable bonds is 8. The van der Waals surface area contributed by atoms with Gasteiger partial charge in [-0.25, -0.2) is 4.79 Å². The lowest BCUT2D eigenvalue weighted by Gasteiger charge is -2.22. The van der Waals surface area contributed by atoms with Crippen LogP contribution >= 0.6 is 35.1 Å². The maximum absolute atomic E-state index is 12.9. The largest absolute Gasteiger partial charge is 0.444 e. The van der Waals surface area contributed by atoms with Crippen molar-refractivity contribution in [2.24, 2.45) is 0 Å². The Labute approximate surface area is 193 Å². The Hall–Kier alpha value is -2.46. The highest BCUT2D eigenvalue weighted by Crippen LogP contribution is 2.31. The second-order valence-electron chi connectivity index (χ2n) is 6.47. The Bertz CT molecular complexity index is 943. The van der Waals surface area contributed by atoms with Gasteiger partial charge < -0.3 is 15.2 Å². The molecule has 2 aromatic rings. The summed E-state index contributed by atoms with van der Waals surface area (Å²) < 4.78 is 6.52. The highest BCUT2D eigenvalue weighted by molar-refractivity contribution is 7.98. The Morgan fingerprint density at radius 3 is 2.29 bits per heavy atom. The molecule has 1 aliphatic rings. The van der Waals surface area contributed by atoms with Crippen molar-refractivity contribution in [3.05, 3.63) is 69.7 Å². The van der Waals surface area contributed by atoms with Gasteiger partial charge in [-0.3, -0.25) is 18.8 Å². The molecule has 0 bridgehead atoms. The number of esters is 1. The van der Waals surface area contributed by atoms with Crippen molar-refractivity contribution in [1.29, 1.82) is 0 Å². The summed E-state index contributed by atoms with van der Waals surface area (Å²) in [6, 6.07) is 12.9. The van der Waals surface area contributed by atoms with E-state index in [2.05, 4.69) is 5.32 Å². The zero-order valence-electron chi connectivity index (χ0n) is 16.2. The number of hydrogen-bond acceptors (Lipinski definition) is 6. The van der Waals surface area contributed by atoms with Crippen molar-refractivity contribution in [1.82, 2.24) is 14.5 Å². The standard InChI is InChI=1S/C20H19Cl2N3O5S/c21-15-5-1-13(2-6-15)11-25-20(29)24(12-30-17(27)9-10-26)19(31-25)23-18(28)14-3-7-16(22)8-4-14/h1-8,19,26H,9-12H2,(H,23,28). The van der Waals surface area contributed by atoms with Gasteiger partial charge in [0.2, 0.25) is 0 Å². The first-order chi connectivity index (χ1) is 14.9. The summed E-state index contributed by atoms with van der Waals surface area (Å²) >= 11 is 12.9. The van der Waals surface area contributed by atoms with E-state index in [1.807, 2.05) is 0 Å². The Balaban J connectivity index is 1.73. The number of nitrogens with one attached hydrogen (secondary N) is 1. The quantitative estimate of drug-likeness (QED) is 0.440. The molecule has 1 fully saturated rings. The first-order valence-corrected chi connectivity index (χ1v) is 10.8. The van der Waals surface area contributed by atoms with Crippen molar-refractivity contribution in [3.63, 3.8) is 0 Å². The lowest BCUT2D eigenvalue weighted by atomic mass is 10.2. The summed E-state index contributed by atoms with van der Waals surface area (Å²) in [6.45, 7) is -0.469. The summed E-state index contributed by atoms with van der Waals surface area (Å²) in [5, 5.41) is 12.7. The summed E-state index contributed by atoms with van der Waals surface area (Å²) in [5.41, 5.74) is 0.405. The van der Waals surface area contributed by atoms with Gasteiger partial charge in [0.1, 0.15) is 0 Å². The number of carbonyl (C=O) groups excluding carboxylic acids is 3. The number of carbonyl (C=O) groups is 3. The van der Waals surface area contributed by atoms with Crippen molar-refractivity contribution in [2.45, 2.75) is 18.5 Å². The smallest absolute Gasteiger partial charge is 0.335 e. The molecule has 0 spiro atoms. The van der Waals surface area contributed by atoms with Gasteiger partial charge in [-0.2, -0.15) is 0 Å². The van der Waals surface area contributed by atoms with E-state index in [1.165, 1.54) is 9.21 Å². The van der Waals surface area contributed by atoms with E-state index in [0.29, 0.717) is 15.6 Å². The van der Waals surface area contributed by atoms with Crippen LogP contribution in [0.5, 0.6) is 0 Å². The van der Waals surface area contributed by atoms with Crippen LogP contribution in [-0.4, -0.2) is 51.1 Å². The van der Waals surface area contributed by atoms with Gasteiger partial charge >= 0.3 is 12.0 Å². The third-order valence-electron chi connectivity index (χ3n) is 4.25. The molecule has 3 amide bonds. The van der Waals surface area contributed by atoms with Crippen molar-refractivity contribution in [3.8, 4) is 0 Å². The number of amides is 3. The van der Waals surface area contributed by atoms with Crippen LogP contribution in [0.15, 0.2) is 48.5 Å². The van der Waals surface area contributed by atoms with E-state index in [0.717, 1.165) is 17.5 Å². The fourth-order valence-corrected chi connectivity index (χ4v) is 3.99. The molecule has 1 aliphatic heterocycles. The van der Waals surface area contributed by atoms with Crippen molar-refractivity contribution >= 4 is 53.1 Å². The van der Waals surface area contributed by atoms with E-state index >= 15 is 0 Å². The van der Waals surface area contributed by atoms with Crippen LogP contribution in [0.3, 0.4) is 0 Å².